The van der Waals surface area contributed by atoms with Crippen molar-refractivity contribution in [2.75, 3.05) is 33.4 Å². The van der Waals surface area contributed by atoms with Gasteiger partial charge in [-0.3, -0.25) is 4.90 Å². The van der Waals surface area contributed by atoms with Crippen LogP contribution in [-0.2, 0) is 14.3 Å². The van der Waals surface area contributed by atoms with Gasteiger partial charge in [-0.1, -0.05) is 0 Å². The number of H-pyrrole nitrogens is 1. The summed E-state index contributed by atoms with van der Waals surface area (Å²) in [4.78, 5) is 18.1. The maximum atomic E-state index is 12.6. The van der Waals surface area contributed by atoms with Crippen molar-refractivity contribution in [2.45, 2.75) is 18.4 Å². The zero-order valence-electron chi connectivity index (χ0n) is 13.0. The van der Waals surface area contributed by atoms with Crippen LogP contribution in [-0.4, -0.2) is 54.4 Å². The number of nitrogens with zero attached hydrogens (tertiary/aromatic N) is 1. The molecule has 0 amide bonds. The summed E-state index contributed by atoms with van der Waals surface area (Å²) < 4.78 is 10.3. The van der Waals surface area contributed by atoms with Crippen molar-refractivity contribution >= 4 is 16.9 Å². The van der Waals surface area contributed by atoms with Gasteiger partial charge in [0.1, 0.15) is 18.4 Å². The molecule has 6 heteroatoms. The number of rotatable bonds is 4. The molecule has 3 unspecified atom stereocenters. The van der Waals surface area contributed by atoms with Crippen molar-refractivity contribution < 1.29 is 19.4 Å². The van der Waals surface area contributed by atoms with E-state index in [1.54, 1.807) is 19.2 Å². The first-order valence-corrected chi connectivity index (χ1v) is 7.93. The molecule has 4 rings (SSSR count). The molecule has 2 aliphatic heterocycles. The van der Waals surface area contributed by atoms with Crippen molar-refractivity contribution in [1.82, 2.24) is 9.88 Å². The van der Waals surface area contributed by atoms with Gasteiger partial charge >= 0.3 is 5.97 Å². The van der Waals surface area contributed by atoms with Crippen molar-refractivity contribution in [2.24, 2.45) is 0 Å². The minimum absolute atomic E-state index is 0.237. The van der Waals surface area contributed by atoms with E-state index in [4.69, 9.17) is 9.47 Å². The highest BCUT2D eigenvalue weighted by atomic mass is 16.6. The van der Waals surface area contributed by atoms with Crippen LogP contribution in [0.3, 0.4) is 0 Å². The van der Waals surface area contributed by atoms with Crippen LogP contribution in [0.2, 0.25) is 0 Å². The first-order chi connectivity index (χ1) is 11.2. The second kappa shape index (κ2) is 5.54. The number of aromatic amines is 1. The standard InChI is InChI=1S/C17H20N2O4/c1-22-6-7-23-17(21)16-15-14(10-4-5-19(16)9-10)12-8-11(20)2-3-13(12)18-15/h2-3,8,10,16,18,20H,4-7,9H2,1H3. The number of phenolic OH excluding ortho intramolecular Hbond substituents is 1. The maximum Gasteiger partial charge on any atom is 0.329 e. The van der Waals surface area contributed by atoms with Gasteiger partial charge < -0.3 is 19.6 Å². The number of aromatic hydroxyl groups is 1. The number of carbonyl (C=O) groups excluding carboxylic acids is 1. The van der Waals surface area contributed by atoms with E-state index in [1.165, 1.54) is 5.56 Å². The van der Waals surface area contributed by atoms with E-state index in [0.29, 0.717) is 12.5 Å². The van der Waals surface area contributed by atoms with Crippen LogP contribution >= 0.6 is 0 Å². The molecule has 2 bridgehead atoms. The van der Waals surface area contributed by atoms with E-state index >= 15 is 0 Å². The molecule has 0 saturated carbocycles. The van der Waals surface area contributed by atoms with Gasteiger partial charge in [-0.25, -0.2) is 4.79 Å². The summed E-state index contributed by atoms with van der Waals surface area (Å²) in [6, 6.07) is 4.91. The van der Waals surface area contributed by atoms with Crippen LogP contribution in [0.25, 0.3) is 10.9 Å². The molecule has 1 aromatic heterocycles. The Kier molecular flexibility index (Phi) is 3.50. The molecule has 2 N–H and O–H groups in total. The minimum atomic E-state index is -0.393. The van der Waals surface area contributed by atoms with E-state index in [-0.39, 0.29) is 18.3 Å². The minimum Gasteiger partial charge on any atom is -0.508 e. The summed E-state index contributed by atoms with van der Waals surface area (Å²) in [5.74, 6) is 0.418. The van der Waals surface area contributed by atoms with Gasteiger partial charge in [0.15, 0.2) is 0 Å². The van der Waals surface area contributed by atoms with Crippen molar-refractivity contribution in [3.63, 3.8) is 0 Å². The Morgan fingerprint density at radius 2 is 2.30 bits per heavy atom. The fourth-order valence-corrected chi connectivity index (χ4v) is 3.89. The normalized spacial score (nSPS) is 25.5. The Bertz CT molecular complexity index is 754. The third kappa shape index (κ3) is 2.29. The lowest BCUT2D eigenvalue weighted by Crippen LogP contribution is -2.37. The smallest absolute Gasteiger partial charge is 0.329 e. The number of ether oxygens (including phenoxy) is 2. The lowest BCUT2D eigenvalue weighted by molar-refractivity contribution is -0.151. The zero-order valence-corrected chi connectivity index (χ0v) is 13.0. The van der Waals surface area contributed by atoms with Gasteiger partial charge in [0.25, 0.3) is 0 Å². The molecule has 122 valence electrons. The Hall–Kier alpha value is -2.05. The lowest BCUT2D eigenvalue weighted by atomic mass is 9.90. The quantitative estimate of drug-likeness (QED) is 0.666. The number of nitrogens with one attached hydrogen (secondary N) is 1. The number of benzene rings is 1. The van der Waals surface area contributed by atoms with E-state index < -0.39 is 6.04 Å². The second-order valence-electron chi connectivity index (χ2n) is 6.23. The molecule has 23 heavy (non-hydrogen) atoms. The van der Waals surface area contributed by atoms with Gasteiger partial charge in [0, 0.05) is 36.2 Å². The van der Waals surface area contributed by atoms with Crippen molar-refractivity contribution in [1.29, 1.82) is 0 Å². The summed E-state index contributed by atoms with van der Waals surface area (Å²) in [7, 11) is 1.59. The Morgan fingerprint density at radius 3 is 3.13 bits per heavy atom. The summed E-state index contributed by atoms with van der Waals surface area (Å²) in [5.41, 5.74) is 3.04. The molecule has 1 fully saturated rings. The number of hydrogen-bond donors (Lipinski definition) is 2. The number of carbonyl (C=O) groups is 1. The fraction of sp³-hybridized carbons (Fsp3) is 0.471. The SMILES string of the molecule is COCCOC(=O)C1c2[nH]c3ccc(O)cc3c2C2CCN1C2. The van der Waals surface area contributed by atoms with E-state index in [2.05, 4.69) is 9.88 Å². The summed E-state index contributed by atoms with van der Waals surface area (Å²) >= 11 is 0. The highest BCUT2D eigenvalue weighted by molar-refractivity contribution is 5.90. The highest BCUT2D eigenvalue weighted by Gasteiger charge is 2.44. The Labute approximate surface area is 134 Å². The maximum absolute atomic E-state index is 12.6. The predicted octanol–water partition coefficient (Wildman–Crippen LogP) is 1.91. The van der Waals surface area contributed by atoms with Crippen molar-refractivity contribution in [3.05, 3.63) is 29.5 Å². The Balaban J connectivity index is 1.75. The number of fused-ring (bicyclic) bond motifs is 6. The molecule has 6 nitrogen and oxygen atoms in total. The van der Waals surface area contributed by atoms with Crippen LogP contribution in [0.4, 0.5) is 0 Å². The molecule has 0 radical (unpaired) electrons. The highest BCUT2D eigenvalue weighted by Crippen LogP contribution is 2.46. The molecular formula is C17H20N2O4. The predicted molar refractivity (Wildman–Crippen MR) is 84.5 cm³/mol. The zero-order chi connectivity index (χ0) is 16.0. The number of methoxy groups -OCH3 is 1. The molecule has 2 aromatic rings. The fourth-order valence-electron chi connectivity index (χ4n) is 3.89. The van der Waals surface area contributed by atoms with Crippen molar-refractivity contribution in [3.8, 4) is 5.75 Å². The van der Waals surface area contributed by atoms with Crippen LogP contribution < -0.4 is 0 Å². The molecule has 0 aliphatic carbocycles. The molecule has 2 aliphatic rings. The van der Waals surface area contributed by atoms with E-state index in [9.17, 15) is 9.90 Å². The molecule has 1 aromatic carbocycles. The summed E-state index contributed by atoms with van der Waals surface area (Å²) in [5, 5.41) is 10.8. The van der Waals surface area contributed by atoms with Crippen LogP contribution in [0.15, 0.2) is 18.2 Å². The molecular weight excluding hydrogens is 296 g/mol. The lowest BCUT2D eigenvalue weighted by Gasteiger charge is -2.30. The van der Waals surface area contributed by atoms with Gasteiger partial charge in [0.05, 0.1) is 6.61 Å². The Morgan fingerprint density at radius 1 is 1.43 bits per heavy atom. The van der Waals surface area contributed by atoms with E-state index in [1.807, 2.05) is 6.07 Å². The monoisotopic (exact) mass is 316 g/mol. The van der Waals surface area contributed by atoms with Crippen LogP contribution in [0, 0.1) is 0 Å². The molecule has 3 atom stereocenters. The van der Waals surface area contributed by atoms with Gasteiger partial charge in [-0.2, -0.15) is 0 Å². The molecule has 0 spiro atoms. The third-order valence-corrected chi connectivity index (χ3v) is 4.87. The molecule has 1 saturated heterocycles. The number of esters is 1. The topological polar surface area (TPSA) is 74.8 Å². The number of hydrogen-bond acceptors (Lipinski definition) is 5. The van der Waals surface area contributed by atoms with E-state index in [0.717, 1.165) is 36.1 Å². The van der Waals surface area contributed by atoms with Gasteiger partial charge in [-0.15, -0.1) is 0 Å². The number of aromatic nitrogens is 1. The van der Waals surface area contributed by atoms with Crippen LogP contribution in [0.5, 0.6) is 5.75 Å². The molecule has 3 heterocycles. The second-order valence-corrected chi connectivity index (χ2v) is 6.23. The third-order valence-electron chi connectivity index (χ3n) is 4.87. The average molecular weight is 316 g/mol. The largest absolute Gasteiger partial charge is 0.508 e. The van der Waals surface area contributed by atoms with Gasteiger partial charge in [-0.05, 0) is 36.7 Å². The first kappa shape index (κ1) is 14.5. The number of phenols is 1. The average Bonchev–Trinajstić information content (AvgIpc) is 3.10. The van der Waals surface area contributed by atoms with Crippen LogP contribution in [0.1, 0.15) is 29.6 Å². The summed E-state index contributed by atoms with van der Waals surface area (Å²) in [6.07, 6.45) is 1.03. The van der Waals surface area contributed by atoms with Gasteiger partial charge in [0.2, 0.25) is 0 Å². The first-order valence-electron chi connectivity index (χ1n) is 7.93. The summed E-state index contributed by atoms with van der Waals surface area (Å²) in [6.45, 7) is 2.41.